The highest BCUT2D eigenvalue weighted by Crippen LogP contribution is 3.02. The van der Waals surface area contributed by atoms with Gasteiger partial charge in [0, 0.05) is 21.9 Å². The van der Waals surface area contributed by atoms with Crippen molar-refractivity contribution in [2.45, 2.75) is 114 Å². The Balaban J connectivity index is 0.730. The standard InChI is InChI=1S/C67H74N2O4/c70-39(17-41(72)68-63-19-25-11-26(20-63)13-27(12-25)21-63)67(40(71)18-42(73)69-64-22-28-14-29(23-64)16-30(15-28)24-64)65-9-7-37-35-5-3-33-31-1-2-32-34-4-6-36-38-8-10-66(65,67)62-50(38)54-48(36)46(34)52-44(32)43(31)51-45(33)47(35)53-49(37)61(65)60(62)59-57(53)55(51)56(52)58(54)59/h1-3,5,7-10,25-38,43-50,52-54,56-62H,4,6,11-24H2,(H,68,72)(H,69,73). The summed E-state index contributed by atoms with van der Waals surface area (Å²) in [5.41, 5.74) is 1.13. The van der Waals surface area contributed by atoms with Gasteiger partial charge in [0.2, 0.25) is 11.8 Å². The maximum absolute atomic E-state index is 16.9. The average molecular weight is 971 g/mol. The van der Waals surface area contributed by atoms with E-state index in [0.717, 1.165) is 97.7 Å². The second-order valence-corrected chi connectivity index (χ2v) is 33.0. The van der Waals surface area contributed by atoms with Gasteiger partial charge in [-0.05, 0) is 279 Å². The molecule has 2 amide bonds. The molecule has 0 aliphatic heterocycles. The van der Waals surface area contributed by atoms with Gasteiger partial charge in [0.1, 0.15) is 5.41 Å². The van der Waals surface area contributed by atoms with Gasteiger partial charge >= 0.3 is 0 Å². The molecule has 19 saturated carbocycles. The van der Waals surface area contributed by atoms with Crippen LogP contribution in [0.25, 0.3) is 0 Å². The lowest BCUT2D eigenvalue weighted by atomic mass is 9.40. The summed E-state index contributed by atoms with van der Waals surface area (Å²) in [6, 6.07) is 0. The molecular formula is C67H74N2O4. The monoisotopic (exact) mass is 971 g/mol. The van der Waals surface area contributed by atoms with E-state index >= 15 is 19.2 Å². The highest BCUT2D eigenvalue weighted by Gasteiger charge is 3.03. The summed E-state index contributed by atoms with van der Waals surface area (Å²) in [5.74, 6) is 20.8. The lowest BCUT2D eigenvalue weighted by Gasteiger charge is -2.63. The Hall–Kier alpha value is -3.02. The van der Waals surface area contributed by atoms with Crippen molar-refractivity contribution in [2.75, 3.05) is 0 Å². The van der Waals surface area contributed by atoms with Crippen LogP contribution in [-0.4, -0.2) is 34.5 Å². The van der Waals surface area contributed by atoms with Crippen LogP contribution in [0.4, 0.5) is 0 Å². The van der Waals surface area contributed by atoms with Crippen molar-refractivity contribution in [2.24, 2.45) is 206 Å². The third-order valence-corrected chi connectivity index (χ3v) is 32.2. The number of amides is 2. The first-order valence-corrected chi connectivity index (χ1v) is 31.8. The van der Waals surface area contributed by atoms with Gasteiger partial charge in [-0.25, -0.2) is 0 Å². The fourth-order valence-corrected chi connectivity index (χ4v) is 33.8. The lowest BCUT2D eigenvalue weighted by Crippen LogP contribution is -2.62. The Morgan fingerprint density at radius 2 is 0.781 bits per heavy atom. The molecule has 28 unspecified atom stereocenters. The molecule has 28 atom stereocenters. The van der Waals surface area contributed by atoms with Gasteiger partial charge < -0.3 is 10.6 Å². The van der Waals surface area contributed by atoms with Crippen LogP contribution in [0.15, 0.2) is 59.8 Å². The Bertz CT molecular complexity index is 2880. The largest absolute Gasteiger partial charge is 0.350 e. The van der Waals surface area contributed by atoms with Crippen molar-refractivity contribution >= 4 is 23.4 Å². The van der Waals surface area contributed by atoms with E-state index in [1.165, 1.54) is 51.4 Å². The molecule has 2 N–H and O–H groups in total. The predicted molar refractivity (Wildman–Crippen MR) is 268 cm³/mol. The molecule has 376 valence electrons. The molecule has 6 nitrogen and oxygen atoms in total. The fraction of sp³-hybridized carbons (Fsp3) is 0.791. The summed E-state index contributed by atoms with van der Waals surface area (Å²) in [4.78, 5) is 64.1. The lowest BCUT2D eigenvalue weighted by molar-refractivity contribution is -0.168. The second-order valence-electron chi connectivity index (χ2n) is 33.0. The maximum Gasteiger partial charge on any atom is 0.227 e. The number of Topliss-reactive ketones (excluding diaryl/α,β-unsaturated/α-hetero) is 2. The molecule has 25 rings (SSSR count). The van der Waals surface area contributed by atoms with Crippen molar-refractivity contribution in [1.82, 2.24) is 10.6 Å². The first-order chi connectivity index (χ1) is 35.6. The molecule has 25 aliphatic carbocycles. The van der Waals surface area contributed by atoms with E-state index in [4.69, 9.17) is 0 Å². The summed E-state index contributed by atoms with van der Waals surface area (Å²) in [6.45, 7) is 0. The van der Waals surface area contributed by atoms with Crippen LogP contribution in [0.3, 0.4) is 0 Å². The third kappa shape index (κ3) is 3.61. The van der Waals surface area contributed by atoms with Gasteiger partial charge in [0.15, 0.2) is 11.6 Å². The van der Waals surface area contributed by atoms with Gasteiger partial charge in [-0.2, -0.15) is 0 Å². The molecule has 0 aromatic carbocycles. The van der Waals surface area contributed by atoms with Crippen molar-refractivity contribution in [1.29, 1.82) is 0 Å². The van der Waals surface area contributed by atoms with Crippen molar-refractivity contribution in [3.63, 3.8) is 0 Å². The molecule has 0 aromatic rings. The van der Waals surface area contributed by atoms with Crippen LogP contribution < -0.4 is 10.6 Å². The number of carbonyl (C=O) groups is 4. The van der Waals surface area contributed by atoms with Crippen molar-refractivity contribution in [3.8, 4) is 0 Å². The first kappa shape index (κ1) is 39.4. The highest BCUT2D eigenvalue weighted by atomic mass is 16.2. The zero-order valence-corrected chi connectivity index (χ0v) is 42.5. The number of hydrogen-bond donors (Lipinski definition) is 2. The van der Waals surface area contributed by atoms with E-state index in [-0.39, 0.29) is 59.1 Å². The topological polar surface area (TPSA) is 92.3 Å². The second kappa shape index (κ2) is 11.4. The molecule has 0 radical (unpaired) electrons. The van der Waals surface area contributed by atoms with Gasteiger partial charge in [-0.3, -0.25) is 19.2 Å². The first-order valence-electron chi connectivity index (χ1n) is 31.8. The number of allylic oxidation sites excluding steroid dienone is 10. The molecule has 0 heterocycles. The number of rotatable bonds is 8. The highest BCUT2D eigenvalue weighted by molar-refractivity contribution is 6.22. The Morgan fingerprint density at radius 3 is 1.33 bits per heavy atom. The molecule has 6 heteroatoms. The van der Waals surface area contributed by atoms with E-state index in [9.17, 15) is 0 Å². The molecular weight excluding hydrogens is 897 g/mol. The van der Waals surface area contributed by atoms with E-state index < -0.39 is 16.2 Å². The molecule has 0 aromatic heterocycles. The summed E-state index contributed by atoms with van der Waals surface area (Å²) < 4.78 is 0. The Morgan fingerprint density at radius 1 is 0.397 bits per heavy atom. The quantitative estimate of drug-likeness (QED) is 0.187. The smallest absolute Gasteiger partial charge is 0.227 e. The minimum Gasteiger partial charge on any atom is -0.350 e. The van der Waals surface area contributed by atoms with E-state index in [0.29, 0.717) is 118 Å². The van der Waals surface area contributed by atoms with Crippen molar-refractivity contribution in [3.05, 3.63) is 59.8 Å². The average Bonchev–Trinajstić information content (AvgIpc) is 4.25. The number of nitrogens with one attached hydrogen (secondary N) is 2. The number of ketones is 2. The SMILES string of the molecule is O=C(CC(=O)C1(C(=O)CC(=O)NC23CC4CC(CC(C4)C2)C3)C23C=CC4C5C=CC6C7C=CC8C9CCC%10C%11C=CC12C1C%11C2C%10C9C9C%10C%11=C(C7C89)C6C5C5C%11C(C%102)C1C3C45)NC12CC3CC(CC(C3)C1)C2. The number of carbonyl (C=O) groups excluding carboxylic acids is 4. The van der Waals surface area contributed by atoms with Gasteiger partial charge in [0.05, 0.1) is 12.8 Å². The summed E-state index contributed by atoms with van der Waals surface area (Å²) in [5, 5.41) is 7.37. The molecule has 73 heavy (non-hydrogen) atoms. The van der Waals surface area contributed by atoms with Crippen LogP contribution >= 0.6 is 0 Å². The number of hydrogen-bond acceptors (Lipinski definition) is 4. The van der Waals surface area contributed by atoms with E-state index in [1.807, 2.05) is 0 Å². The Kier molecular flexibility index (Phi) is 6.16. The molecule has 19 fully saturated rings. The summed E-state index contributed by atoms with van der Waals surface area (Å²) in [7, 11) is 0. The molecule has 2 spiro atoms. The molecule has 8 bridgehead atoms. The van der Waals surface area contributed by atoms with E-state index in [1.54, 1.807) is 0 Å². The number of fused-ring (bicyclic) bond motifs is 4. The van der Waals surface area contributed by atoms with Gasteiger partial charge in [0.25, 0.3) is 0 Å². The maximum atomic E-state index is 16.9. The van der Waals surface area contributed by atoms with Crippen LogP contribution in [0.2, 0.25) is 0 Å². The summed E-state index contributed by atoms with van der Waals surface area (Å²) in [6.07, 6.45) is 38.5. The van der Waals surface area contributed by atoms with Crippen LogP contribution in [-0.2, 0) is 19.2 Å². The minimum atomic E-state index is -1.36. The minimum absolute atomic E-state index is 0.0839. The normalized spacial score (nSPS) is 69.5. The predicted octanol–water partition coefficient (Wildman–Crippen LogP) is 9.59. The molecule has 25 aliphatic rings. The summed E-state index contributed by atoms with van der Waals surface area (Å²) >= 11 is 0. The zero-order chi connectivity index (χ0) is 46.8. The van der Waals surface area contributed by atoms with E-state index in [2.05, 4.69) is 70.4 Å². The third-order valence-electron chi connectivity index (χ3n) is 32.2. The van der Waals surface area contributed by atoms with Crippen LogP contribution in [0.5, 0.6) is 0 Å². The van der Waals surface area contributed by atoms with Gasteiger partial charge in [-0.15, -0.1) is 0 Å². The van der Waals surface area contributed by atoms with Crippen LogP contribution in [0.1, 0.15) is 103 Å². The molecule has 0 saturated heterocycles. The Labute approximate surface area is 430 Å². The fourth-order valence-electron chi connectivity index (χ4n) is 33.8. The van der Waals surface area contributed by atoms with Gasteiger partial charge in [-0.1, -0.05) is 59.8 Å². The zero-order valence-electron chi connectivity index (χ0n) is 42.5. The van der Waals surface area contributed by atoms with Crippen molar-refractivity contribution < 1.29 is 19.2 Å². The van der Waals surface area contributed by atoms with Crippen LogP contribution in [0, 0.1) is 206 Å².